The number of rotatable bonds is 2. The van der Waals surface area contributed by atoms with E-state index in [0.29, 0.717) is 12.1 Å². The van der Waals surface area contributed by atoms with Gasteiger partial charge >= 0.3 is 0 Å². The topological polar surface area (TPSA) is 26.0 Å². The Kier molecular flexibility index (Phi) is 3.26. The van der Waals surface area contributed by atoms with Crippen LogP contribution in [0.1, 0.15) is 5.56 Å². The minimum atomic E-state index is -0.407. The third kappa shape index (κ3) is 2.06. The first-order valence-corrected chi connectivity index (χ1v) is 3.94. The highest BCUT2D eigenvalue weighted by molar-refractivity contribution is 6.32. The molecule has 0 radical (unpaired) electrons. The zero-order valence-corrected chi connectivity index (χ0v) is 7.18. The lowest BCUT2D eigenvalue weighted by Crippen LogP contribution is -1.92. The molecule has 1 nitrogen and oxygen atoms in total. The van der Waals surface area contributed by atoms with Gasteiger partial charge in [-0.3, -0.25) is 0 Å². The highest BCUT2D eigenvalue weighted by atomic mass is 35.5. The molecule has 64 valence electrons. The summed E-state index contributed by atoms with van der Waals surface area (Å²) in [4.78, 5) is 0. The molecule has 0 aromatic heterocycles. The van der Waals surface area contributed by atoms with Crippen molar-refractivity contribution in [2.45, 2.75) is 0 Å². The van der Waals surface area contributed by atoms with Gasteiger partial charge in [-0.2, -0.15) is 0 Å². The van der Waals surface area contributed by atoms with Crippen molar-refractivity contribution in [2.75, 3.05) is 6.54 Å². The van der Waals surface area contributed by atoms with Crippen molar-refractivity contribution < 1.29 is 4.39 Å². The van der Waals surface area contributed by atoms with E-state index in [-0.39, 0.29) is 5.02 Å². The van der Waals surface area contributed by atoms with Crippen LogP contribution >= 0.6 is 11.6 Å². The summed E-state index contributed by atoms with van der Waals surface area (Å²) in [5.41, 5.74) is 5.90. The maximum atomic E-state index is 12.8. The molecule has 2 N–H and O–H groups in total. The van der Waals surface area contributed by atoms with Crippen LogP contribution in [0.25, 0.3) is 6.08 Å². The third-order valence-electron chi connectivity index (χ3n) is 1.41. The van der Waals surface area contributed by atoms with Crippen LogP contribution in [0.15, 0.2) is 24.3 Å². The van der Waals surface area contributed by atoms with E-state index < -0.39 is 5.82 Å². The van der Waals surface area contributed by atoms with E-state index in [1.54, 1.807) is 24.3 Å². The number of hydrogen-bond donors (Lipinski definition) is 1. The monoisotopic (exact) mass is 185 g/mol. The second kappa shape index (κ2) is 4.24. The Bertz CT molecular complexity index is 297. The van der Waals surface area contributed by atoms with Gasteiger partial charge in [0.15, 0.2) is 0 Å². The molecule has 0 fully saturated rings. The molecule has 0 spiro atoms. The standard InChI is InChI=1S/C9H9ClFN/c10-9-7(4-2-6-12)3-1-5-8(9)11/h1-5H,6,12H2/b4-2+. The molecule has 0 aliphatic carbocycles. The van der Waals surface area contributed by atoms with Crippen LogP contribution in [0, 0.1) is 5.82 Å². The Labute approximate surface area is 75.6 Å². The molecule has 1 rings (SSSR count). The summed E-state index contributed by atoms with van der Waals surface area (Å²) in [7, 11) is 0. The molecule has 0 amide bonds. The fraction of sp³-hybridized carbons (Fsp3) is 0.111. The summed E-state index contributed by atoms with van der Waals surface area (Å²) in [5, 5.41) is 0.141. The van der Waals surface area contributed by atoms with Gasteiger partial charge in [0.2, 0.25) is 0 Å². The summed E-state index contributed by atoms with van der Waals surface area (Å²) < 4.78 is 12.8. The fourth-order valence-electron chi connectivity index (χ4n) is 0.844. The molecule has 0 aliphatic rings. The molecule has 0 aliphatic heterocycles. The van der Waals surface area contributed by atoms with Crippen LogP contribution in [0.5, 0.6) is 0 Å². The molecule has 0 saturated heterocycles. The number of nitrogens with two attached hydrogens (primary N) is 1. The lowest BCUT2D eigenvalue weighted by molar-refractivity contribution is 0.628. The van der Waals surface area contributed by atoms with Crippen LogP contribution in [0.3, 0.4) is 0 Å². The molecule has 0 heterocycles. The SMILES string of the molecule is NC/C=C/c1cccc(F)c1Cl. The molecule has 1 aromatic rings. The molecule has 12 heavy (non-hydrogen) atoms. The molecule has 0 unspecified atom stereocenters. The van der Waals surface area contributed by atoms with Gasteiger partial charge < -0.3 is 5.73 Å². The first kappa shape index (κ1) is 9.23. The maximum Gasteiger partial charge on any atom is 0.142 e. The average molecular weight is 186 g/mol. The summed E-state index contributed by atoms with van der Waals surface area (Å²) in [6, 6.07) is 4.66. The molecular formula is C9H9ClFN. The van der Waals surface area contributed by atoms with Crippen molar-refractivity contribution in [1.82, 2.24) is 0 Å². The first-order valence-electron chi connectivity index (χ1n) is 3.56. The van der Waals surface area contributed by atoms with Gasteiger partial charge in [0.1, 0.15) is 5.82 Å². The average Bonchev–Trinajstić information content (AvgIpc) is 2.08. The summed E-state index contributed by atoms with van der Waals surface area (Å²) >= 11 is 5.66. The van der Waals surface area contributed by atoms with Gasteiger partial charge in [-0.25, -0.2) is 4.39 Å². The van der Waals surface area contributed by atoms with Crippen LogP contribution in [-0.4, -0.2) is 6.54 Å². The van der Waals surface area contributed by atoms with E-state index in [9.17, 15) is 4.39 Å². The van der Waals surface area contributed by atoms with Crippen molar-refractivity contribution in [1.29, 1.82) is 0 Å². The lowest BCUT2D eigenvalue weighted by atomic mass is 10.2. The van der Waals surface area contributed by atoms with Gasteiger partial charge in [-0.15, -0.1) is 0 Å². The molecule has 3 heteroatoms. The predicted molar refractivity (Wildman–Crippen MR) is 49.5 cm³/mol. The highest BCUT2D eigenvalue weighted by Gasteiger charge is 2.00. The Balaban J connectivity index is 3.00. The van der Waals surface area contributed by atoms with Crippen LogP contribution in [-0.2, 0) is 0 Å². The summed E-state index contributed by atoms with van der Waals surface area (Å²) in [6.45, 7) is 0.423. The Morgan fingerprint density at radius 3 is 2.92 bits per heavy atom. The van der Waals surface area contributed by atoms with Crippen molar-refractivity contribution in [2.24, 2.45) is 5.73 Å². The van der Waals surface area contributed by atoms with Gasteiger partial charge in [-0.1, -0.05) is 35.9 Å². The van der Waals surface area contributed by atoms with Crippen molar-refractivity contribution >= 4 is 17.7 Å². The molecule has 0 atom stereocenters. The zero-order chi connectivity index (χ0) is 8.97. The minimum absolute atomic E-state index is 0.141. The van der Waals surface area contributed by atoms with E-state index in [4.69, 9.17) is 17.3 Å². The predicted octanol–water partition coefficient (Wildman–Crippen LogP) is 2.45. The summed E-state index contributed by atoms with van der Waals surface area (Å²) in [5.74, 6) is -0.407. The Morgan fingerprint density at radius 1 is 1.50 bits per heavy atom. The Morgan fingerprint density at radius 2 is 2.25 bits per heavy atom. The number of hydrogen-bond acceptors (Lipinski definition) is 1. The van der Waals surface area contributed by atoms with Gasteiger partial charge in [0.05, 0.1) is 5.02 Å². The first-order chi connectivity index (χ1) is 5.75. The zero-order valence-electron chi connectivity index (χ0n) is 6.43. The maximum absolute atomic E-state index is 12.8. The smallest absolute Gasteiger partial charge is 0.142 e. The van der Waals surface area contributed by atoms with Crippen molar-refractivity contribution in [3.05, 3.63) is 40.7 Å². The molecule has 1 aromatic carbocycles. The van der Waals surface area contributed by atoms with E-state index in [1.165, 1.54) is 6.07 Å². The van der Waals surface area contributed by atoms with Crippen LogP contribution in [0.2, 0.25) is 5.02 Å². The third-order valence-corrected chi connectivity index (χ3v) is 1.81. The lowest BCUT2D eigenvalue weighted by Gasteiger charge is -1.97. The van der Waals surface area contributed by atoms with Crippen molar-refractivity contribution in [3.63, 3.8) is 0 Å². The van der Waals surface area contributed by atoms with Crippen LogP contribution in [0.4, 0.5) is 4.39 Å². The Hall–Kier alpha value is -0.860. The van der Waals surface area contributed by atoms with Gasteiger partial charge in [0, 0.05) is 6.54 Å². The normalized spacial score (nSPS) is 10.9. The number of halogens is 2. The van der Waals surface area contributed by atoms with E-state index in [0.717, 1.165) is 0 Å². The van der Waals surface area contributed by atoms with Crippen LogP contribution < -0.4 is 5.73 Å². The van der Waals surface area contributed by atoms with Gasteiger partial charge in [-0.05, 0) is 11.6 Å². The summed E-state index contributed by atoms with van der Waals surface area (Å²) in [6.07, 6.45) is 3.42. The minimum Gasteiger partial charge on any atom is -0.327 e. The van der Waals surface area contributed by atoms with Crippen molar-refractivity contribution in [3.8, 4) is 0 Å². The van der Waals surface area contributed by atoms with E-state index in [1.807, 2.05) is 0 Å². The quantitative estimate of drug-likeness (QED) is 0.753. The number of benzene rings is 1. The van der Waals surface area contributed by atoms with E-state index in [2.05, 4.69) is 0 Å². The fourth-order valence-corrected chi connectivity index (χ4v) is 1.03. The largest absolute Gasteiger partial charge is 0.327 e. The molecule has 0 bridgehead atoms. The molecule has 0 saturated carbocycles. The van der Waals surface area contributed by atoms with E-state index >= 15 is 0 Å². The second-order valence-electron chi connectivity index (χ2n) is 2.28. The van der Waals surface area contributed by atoms with Gasteiger partial charge in [0.25, 0.3) is 0 Å². The highest BCUT2D eigenvalue weighted by Crippen LogP contribution is 2.20. The molecular weight excluding hydrogens is 177 g/mol. The second-order valence-corrected chi connectivity index (χ2v) is 2.66.